The summed E-state index contributed by atoms with van der Waals surface area (Å²) in [6.07, 6.45) is 0. The summed E-state index contributed by atoms with van der Waals surface area (Å²) in [6.45, 7) is 4.28. The lowest BCUT2D eigenvalue weighted by atomic mass is 10.2. The fourth-order valence-corrected chi connectivity index (χ4v) is 3.28. The minimum Gasteiger partial charge on any atom is -0.448 e. The number of aromatic nitrogens is 2. The number of aryl methyl sites for hydroxylation is 2. The lowest BCUT2D eigenvalue weighted by molar-refractivity contribution is -0.655. The molecule has 0 atom stereocenters. The average molecular weight is 329 g/mol. The molecule has 124 valence electrons. The number of fused-ring (bicyclic) bond motifs is 2. The Balaban J connectivity index is 2.30. The average Bonchev–Trinajstić information content (AvgIpc) is 2.64. The number of benzene rings is 3. The Morgan fingerprint density at radius 2 is 1.40 bits per heavy atom. The SMILES string of the molecule is Cc1ccccc1-n1c(C)[n+](C)c2ccccc2oc2ccccc21. The normalized spacial score (nSPS) is 11.0. The molecule has 0 N–H and O–H groups in total. The van der Waals surface area contributed by atoms with Crippen molar-refractivity contribution in [3.63, 3.8) is 0 Å². The van der Waals surface area contributed by atoms with Gasteiger partial charge in [0.05, 0.1) is 7.05 Å². The van der Waals surface area contributed by atoms with Gasteiger partial charge in [-0.25, -0.2) is 4.57 Å². The third-order valence-electron chi connectivity index (χ3n) is 4.72. The largest absolute Gasteiger partial charge is 0.448 e. The van der Waals surface area contributed by atoms with E-state index in [2.05, 4.69) is 66.4 Å². The fraction of sp³-hybridized carbons (Fsp3) is 0.136. The van der Waals surface area contributed by atoms with E-state index in [1.165, 1.54) is 5.56 Å². The van der Waals surface area contributed by atoms with Gasteiger partial charge in [-0.15, -0.1) is 0 Å². The molecule has 0 saturated carbocycles. The molecule has 0 aliphatic heterocycles. The van der Waals surface area contributed by atoms with Gasteiger partial charge in [0.2, 0.25) is 0 Å². The van der Waals surface area contributed by atoms with Crippen LogP contribution in [0.1, 0.15) is 11.4 Å². The van der Waals surface area contributed by atoms with Gasteiger partial charge < -0.3 is 4.42 Å². The van der Waals surface area contributed by atoms with Crippen LogP contribution in [0.3, 0.4) is 0 Å². The Morgan fingerprint density at radius 3 is 2.20 bits per heavy atom. The van der Waals surface area contributed by atoms with E-state index >= 15 is 0 Å². The fourth-order valence-electron chi connectivity index (χ4n) is 3.28. The second-order valence-corrected chi connectivity index (χ2v) is 6.27. The molecule has 0 fully saturated rings. The molecule has 0 saturated heterocycles. The first-order valence-electron chi connectivity index (χ1n) is 8.46. The summed E-state index contributed by atoms with van der Waals surface area (Å²) in [4.78, 5) is 0. The molecule has 0 aliphatic rings. The maximum absolute atomic E-state index is 6.30. The first-order chi connectivity index (χ1) is 12.2. The van der Waals surface area contributed by atoms with E-state index in [4.69, 9.17) is 4.42 Å². The molecule has 25 heavy (non-hydrogen) atoms. The third kappa shape index (κ3) is 2.58. The molecule has 0 aliphatic carbocycles. The minimum atomic E-state index is 0.852. The second kappa shape index (κ2) is 6.10. The standard InChI is InChI=1S/C22H21N2O/c1-16-10-4-5-11-18(16)24-17(2)23(3)19-12-6-8-14-21(19)25-22-15-9-7-13-20(22)24/h4-15H,1-3H3/q+1. The van der Waals surface area contributed by atoms with Crippen LogP contribution in [0.25, 0.3) is 27.9 Å². The van der Waals surface area contributed by atoms with Crippen LogP contribution in [-0.2, 0) is 7.05 Å². The van der Waals surface area contributed by atoms with Gasteiger partial charge in [-0.3, -0.25) is 0 Å². The maximum Gasteiger partial charge on any atom is 0.259 e. The zero-order chi connectivity index (χ0) is 17.4. The van der Waals surface area contributed by atoms with E-state index in [-0.39, 0.29) is 0 Å². The van der Waals surface area contributed by atoms with Crippen LogP contribution in [0, 0.1) is 13.8 Å². The number of para-hydroxylation sites is 5. The number of hydrogen-bond donors (Lipinski definition) is 0. The molecular weight excluding hydrogens is 308 g/mol. The highest BCUT2D eigenvalue weighted by Gasteiger charge is 2.17. The highest BCUT2D eigenvalue weighted by molar-refractivity contribution is 5.78. The van der Waals surface area contributed by atoms with Gasteiger partial charge >= 0.3 is 0 Å². The molecule has 0 unspecified atom stereocenters. The van der Waals surface area contributed by atoms with Crippen molar-refractivity contribution in [3.05, 3.63) is 84.2 Å². The van der Waals surface area contributed by atoms with E-state index < -0.39 is 0 Å². The van der Waals surface area contributed by atoms with Crippen molar-refractivity contribution >= 4 is 22.2 Å². The molecule has 1 aromatic heterocycles. The van der Waals surface area contributed by atoms with Crippen molar-refractivity contribution in [3.8, 4) is 5.69 Å². The lowest BCUT2D eigenvalue weighted by Crippen LogP contribution is -2.35. The van der Waals surface area contributed by atoms with Gasteiger partial charge in [-0.05, 0) is 42.8 Å². The molecular formula is C22H21N2O+. The zero-order valence-electron chi connectivity index (χ0n) is 14.7. The third-order valence-corrected chi connectivity index (χ3v) is 4.72. The Kier molecular flexibility index (Phi) is 3.77. The summed E-state index contributed by atoms with van der Waals surface area (Å²) in [5.74, 6) is 1.12. The molecule has 3 nitrogen and oxygen atoms in total. The quantitative estimate of drug-likeness (QED) is 0.453. The number of rotatable bonds is 1. The Bertz CT molecular complexity index is 1130. The van der Waals surface area contributed by atoms with E-state index in [0.717, 1.165) is 33.7 Å². The molecule has 1 heterocycles. The molecule has 3 heteroatoms. The van der Waals surface area contributed by atoms with Gasteiger partial charge in [0.15, 0.2) is 22.2 Å². The monoisotopic (exact) mass is 329 g/mol. The van der Waals surface area contributed by atoms with Crippen LogP contribution in [0.4, 0.5) is 0 Å². The molecule has 4 aromatic rings. The summed E-state index contributed by atoms with van der Waals surface area (Å²) < 4.78 is 10.7. The summed E-state index contributed by atoms with van der Waals surface area (Å²) in [5, 5.41) is 0. The summed E-state index contributed by atoms with van der Waals surface area (Å²) in [6, 6.07) is 24.8. The maximum atomic E-state index is 6.30. The van der Waals surface area contributed by atoms with E-state index in [1.54, 1.807) is 0 Å². The number of nitrogens with zero attached hydrogens (tertiary/aromatic N) is 2. The Labute approximate surface area is 147 Å². The van der Waals surface area contributed by atoms with E-state index in [0.29, 0.717) is 0 Å². The topological polar surface area (TPSA) is 21.9 Å². The van der Waals surface area contributed by atoms with Gasteiger partial charge in [-0.2, -0.15) is 4.57 Å². The van der Waals surface area contributed by atoms with Crippen molar-refractivity contribution in [1.29, 1.82) is 0 Å². The first-order valence-corrected chi connectivity index (χ1v) is 8.46. The lowest BCUT2D eigenvalue weighted by Gasteiger charge is -2.11. The van der Waals surface area contributed by atoms with Crippen molar-refractivity contribution < 1.29 is 8.98 Å². The molecule has 0 bridgehead atoms. The van der Waals surface area contributed by atoms with Crippen molar-refractivity contribution in [2.24, 2.45) is 7.05 Å². The van der Waals surface area contributed by atoms with Crippen molar-refractivity contribution in [2.45, 2.75) is 13.8 Å². The highest BCUT2D eigenvalue weighted by Crippen LogP contribution is 2.23. The zero-order valence-corrected chi connectivity index (χ0v) is 14.7. The molecule has 0 amide bonds. The Morgan fingerprint density at radius 1 is 0.760 bits per heavy atom. The van der Waals surface area contributed by atoms with Crippen LogP contribution in [0.5, 0.6) is 0 Å². The second-order valence-electron chi connectivity index (χ2n) is 6.27. The van der Waals surface area contributed by atoms with Crippen LogP contribution in [0.15, 0.2) is 77.2 Å². The van der Waals surface area contributed by atoms with Gasteiger partial charge in [0.25, 0.3) is 5.82 Å². The van der Waals surface area contributed by atoms with E-state index in [9.17, 15) is 0 Å². The van der Waals surface area contributed by atoms with Gasteiger partial charge in [0, 0.05) is 6.92 Å². The summed E-state index contributed by atoms with van der Waals surface area (Å²) >= 11 is 0. The highest BCUT2D eigenvalue weighted by atomic mass is 16.3. The molecule has 0 spiro atoms. The minimum absolute atomic E-state index is 0.852. The van der Waals surface area contributed by atoms with Crippen LogP contribution in [0.2, 0.25) is 0 Å². The summed E-state index contributed by atoms with van der Waals surface area (Å²) in [7, 11) is 2.08. The predicted molar refractivity (Wildman–Crippen MR) is 101 cm³/mol. The molecule has 4 rings (SSSR count). The summed E-state index contributed by atoms with van der Waals surface area (Å²) in [5.41, 5.74) is 6.18. The molecule has 3 aromatic carbocycles. The van der Waals surface area contributed by atoms with Crippen molar-refractivity contribution in [2.75, 3.05) is 0 Å². The van der Waals surface area contributed by atoms with E-state index in [1.807, 2.05) is 36.4 Å². The predicted octanol–water partition coefficient (Wildman–Crippen LogP) is 4.94. The Hall–Kier alpha value is -3.07. The smallest absolute Gasteiger partial charge is 0.259 e. The van der Waals surface area contributed by atoms with Gasteiger partial charge in [0.1, 0.15) is 5.69 Å². The van der Waals surface area contributed by atoms with Gasteiger partial charge in [-0.1, -0.05) is 42.5 Å². The van der Waals surface area contributed by atoms with Crippen molar-refractivity contribution in [1.82, 2.24) is 4.57 Å². The first kappa shape index (κ1) is 15.5. The number of hydrogen-bond acceptors (Lipinski definition) is 1. The van der Waals surface area contributed by atoms with Crippen LogP contribution in [-0.4, -0.2) is 4.57 Å². The van der Waals surface area contributed by atoms with Crippen LogP contribution < -0.4 is 4.57 Å². The molecule has 0 radical (unpaired) electrons. The van der Waals surface area contributed by atoms with Crippen LogP contribution >= 0.6 is 0 Å².